The summed E-state index contributed by atoms with van der Waals surface area (Å²) < 4.78 is 2.17. The van der Waals surface area contributed by atoms with Crippen molar-refractivity contribution in [2.24, 2.45) is 0 Å². The van der Waals surface area contributed by atoms with Crippen molar-refractivity contribution in [1.29, 1.82) is 0 Å². The number of imide groups is 1. The van der Waals surface area contributed by atoms with Crippen molar-refractivity contribution in [2.75, 3.05) is 6.54 Å². The molecule has 0 spiro atoms. The van der Waals surface area contributed by atoms with Crippen LogP contribution in [-0.2, 0) is 11.3 Å². The molecule has 7 nitrogen and oxygen atoms in total. The number of hydrogen-bond acceptors (Lipinski definition) is 5. The minimum atomic E-state index is -0.858. The molecule has 1 aliphatic rings. The molecule has 0 radical (unpaired) electrons. The molecular formula is C15H18N4O3S. The second-order valence-electron chi connectivity index (χ2n) is 6.21. The molecule has 1 saturated heterocycles. The predicted molar refractivity (Wildman–Crippen MR) is 87.6 cm³/mol. The Morgan fingerprint density at radius 1 is 1.26 bits per heavy atom. The summed E-state index contributed by atoms with van der Waals surface area (Å²) in [6, 6.07) is -0.380. The van der Waals surface area contributed by atoms with Crippen LogP contribution < -0.4 is 10.9 Å². The summed E-state index contributed by atoms with van der Waals surface area (Å²) in [6.07, 6.45) is 2.03. The Labute approximate surface area is 136 Å². The van der Waals surface area contributed by atoms with Gasteiger partial charge in [-0.3, -0.25) is 19.1 Å². The zero-order valence-electron chi connectivity index (χ0n) is 13.3. The zero-order chi connectivity index (χ0) is 16.8. The van der Waals surface area contributed by atoms with E-state index in [-0.39, 0.29) is 24.0 Å². The second-order valence-corrected chi connectivity index (χ2v) is 7.08. The van der Waals surface area contributed by atoms with Gasteiger partial charge in [0.15, 0.2) is 0 Å². The van der Waals surface area contributed by atoms with Crippen LogP contribution in [0, 0.1) is 6.92 Å². The quantitative estimate of drug-likeness (QED) is 0.859. The molecule has 8 heteroatoms. The van der Waals surface area contributed by atoms with Gasteiger partial charge in [-0.25, -0.2) is 9.78 Å². The van der Waals surface area contributed by atoms with Gasteiger partial charge < -0.3 is 5.32 Å². The molecule has 2 aromatic heterocycles. The van der Waals surface area contributed by atoms with E-state index in [1.165, 1.54) is 27.1 Å². The summed E-state index contributed by atoms with van der Waals surface area (Å²) in [4.78, 5) is 41.8. The lowest BCUT2D eigenvalue weighted by atomic mass is 10.1. The van der Waals surface area contributed by atoms with E-state index < -0.39 is 5.54 Å². The van der Waals surface area contributed by atoms with Crippen LogP contribution in [0.2, 0.25) is 0 Å². The number of aryl methyl sites for hydroxylation is 2. The summed E-state index contributed by atoms with van der Waals surface area (Å²) in [5, 5.41) is 4.55. The van der Waals surface area contributed by atoms with Crippen molar-refractivity contribution in [2.45, 2.75) is 39.3 Å². The number of carbonyl (C=O) groups excluding carboxylic acids is 2. The summed E-state index contributed by atoms with van der Waals surface area (Å²) in [7, 11) is 0. The monoisotopic (exact) mass is 334 g/mol. The third kappa shape index (κ3) is 2.63. The van der Waals surface area contributed by atoms with E-state index in [9.17, 15) is 14.4 Å². The smallest absolute Gasteiger partial charge is 0.324 e. The minimum Gasteiger partial charge on any atom is -0.324 e. The van der Waals surface area contributed by atoms with Crippen LogP contribution in [0.1, 0.15) is 25.8 Å². The largest absolute Gasteiger partial charge is 0.325 e. The SMILES string of the molecule is Cc1csc2c(=O)n(CCCN3C(=O)NC(C)(C)C3=O)cnc12. The Balaban J connectivity index is 1.70. The van der Waals surface area contributed by atoms with Crippen molar-refractivity contribution in [3.63, 3.8) is 0 Å². The van der Waals surface area contributed by atoms with Crippen LogP contribution >= 0.6 is 11.3 Å². The number of aromatic nitrogens is 2. The van der Waals surface area contributed by atoms with E-state index in [4.69, 9.17) is 0 Å². The molecule has 0 bridgehead atoms. The lowest BCUT2D eigenvalue weighted by Gasteiger charge is -2.16. The highest BCUT2D eigenvalue weighted by molar-refractivity contribution is 7.17. The highest BCUT2D eigenvalue weighted by Gasteiger charge is 2.43. The first-order valence-corrected chi connectivity index (χ1v) is 8.26. The maximum Gasteiger partial charge on any atom is 0.325 e. The zero-order valence-corrected chi connectivity index (χ0v) is 14.1. The Morgan fingerprint density at radius 3 is 2.65 bits per heavy atom. The van der Waals surface area contributed by atoms with Gasteiger partial charge in [-0.15, -0.1) is 11.3 Å². The fourth-order valence-electron chi connectivity index (χ4n) is 2.64. The Morgan fingerprint density at radius 2 is 2.00 bits per heavy atom. The minimum absolute atomic E-state index is 0.0781. The van der Waals surface area contributed by atoms with Gasteiger partial charge in [0, 0.05) is 13.1 Å². The van der Waals surface area contributed by atoms with Crippen molar-refractivity contribution in [3.8, 4) is 0 Å². The molecule has 0 aromatic carbocycles. The summed E-state index contributed by atoms with van der Waals surface area (Å²) >= 11 is 1.39. The Hall–Kier alpha value is -2.22. The Kier molecular flexibility index (Phi) is 3.71. The number of urea groups is 1. The molecule has 1 aliphatic heterocycles. The van der Waals surface area contributed by atoms with Gasteiger partial charge in [-0.05, 0) is 38.1 Å². The van der Waals surface area contributed by atoms with Crippen LogP contribution in [0.15, 0.2) is 16.5 Å². The van der Waals surface area contributed by atoms with Gasteiger partial charge >= 0.3 is 6.03 Å². The van der Waals surface area contributed by atoms with E-state index in [2.05, 4.69) is 10.3 Å². The van der Waals surface area contributed by atoms with Crippen molar-refractivity contribution in [3.05, 3.63) is 27.6 Å². The highest BCUT2D eigenvalue weighted by Crippen LogP contribution is 2.19. The van der Waals surface area contributed by atoms with Crippen LogP contribution in [-0.4, -0.2) is 38.5 Å². The van der Waals surface area contributed by atoms with Crippen LogP contribution in [0.4, 0.5) is 4.79 Å². The third-order valence-electron chi connectivity index (χ3n) is 3.95. The van der Waals surface area contributed by atoms with Crippen LogP contribution in [0.5, 0.6) is 0 Å². The maximum atomic E-state index is 12.4. The van der Waals surface area contributed by atoms with E-state index in [1.54, 1.807) is 13.8 Å². The molecule has 0 unspecified atom stereocenters. The fraction of sp³-hybridized carbons (Fsp3) is 0.467. The van der Waals surface area contributed by atoms with E-state index in [0.29, 0.717) is 17.7 Å². The number of fused-ring (bicyclic) bond motifs is 1. The number of amides is 3. The van der Waals surface area contributed by atoms with E-state index in [0.717, 1.165) is 11.1 Å². The molecule has 3 rings (SSSR count). The molecule has 0 saturated carbocycles. The molecule has 0 atom stereocenters. The third-order valence-corrected chi connectivity index (χ3v) is 5.02. The highest BCUT2D eigenvalue weighted by atomic mass is 32.1. The van der Waals surface area contributed by atoms with Crippen molar-refractivity contribution < 1.29 is 9.59 Å². The molecule has 3 amide bonds. The van der Waals surface area contributed by atoms with Gasteiger partial charge in [0.05, 0.1) is 11.8 Å². The number of nitrogens with one attached hydrogen (secondary N) is 1. The fourth-order valence-corrected chi connectivity index (χ4v) is 3.59. The number of rotatable bonds is 4. The van der Waals surface area contributed by atoms with Crippen molar-refractivity contribution in [1.82, 2.24) is 19.8 Å². The number of nitrogens with zero attached hydrogens (tertiary/aromatic N) is 3. The van der Waals surface area contributed by atoms with Gasteiger partial charge in [0.1, 0.15) is 10.2 Å². The number of hydrogen-bond donors (Lipinski definition) is 1. The van der Waals surface area contributed by atoms with E-state index in [1.807, 2.05) is 12.3 Å². The standard InChI is InChI=1S/C15H18N4O3S/c1-9-7-23-11-10(9)16-8-18(12(11)20)5-4-6-19-13(21)15(2,3)17-14(19)22/h7-8H,4-6H2,1-3H3,(H,17,22). The first-order chi connectivity index (χ1) is 10.8. The summed E-state index contributed by atoms with van der Waals surface area (Å²) in [5.74, 6) is -0.239. The first kappa shape index (κ1) is 15.7. The molecule has 1 fully saturated rings. The second kappa shape index (κ2) is 5.45. The first-order valence-electron chi connectivity index (χ1n) is 7.38. The molecule has 1 N–H and O–H groups in total. The average Bonchev–Trinajstić information content (AvgIpc) is 2.94. The number of thiophene rings is 1. The molecule has 0 aliphatic carbocycles. The summed E-state index contributed by atoms with van der Waals surface area (Å²) in [5.41, 5.74) is 0.802. The van der Waals surface area contributed by atoms with Gasteiger partial charge in [-0.2, -0.15) is 0 Å². The normalized spacial score (nSPS) is 17.1. The molecule has 3 heterocycles. The molecule has 122 valence electrons. The predicted octanol–water partition coefficient (Wildman–Crippen LogP) is 1.49. The van der Waals surface area contributed by atoms with Gasteiger partial charge in [0.25, 0.3) is 11.5 Å². The molecule has 2 aromatic rings. The number of carbonyl (C=O) groups is 2. The molecule has 23 heavy (non-hydrogen) atoms. The average molecular weight is 334 g/mol. The van der Waals surface area contributed by atoms with Gasteiger partial charge in [-0.1, -0.05) is 0 Å². The van der Waals surface area contributed by atoms with Crippen LogP contribution in [0.25, 0.3) is 10.2 Å². The lowest BCUT2D eigenvalue weighted by molar-refractivity contribution is -0.130. The van der Waals surface area contributed by atoms with Crippen LogP contribution in [0.3, 0.4) is 0 Å². The van der Waals surface area contributed by atoms with Gasteiger partial charge in [0.2, 0.25) is 0 Å². The molecular weight excluding hydrogens is 316 g/mol. The summed E-state index contributed by atoms with van der Waals surface area (Å²) in [6.45, 7) is 5.97. The topological polar surface area (TPSA) is 84.3 Å². The Bertz CT molecular complexity index is 852. The lowest BCUT2D eigenvalue weighted by Crippen LogP contribution is -2.40. The van der Waals surface area contributed by atoms with Crippen molar-refractivity contribution >= 4 is 33.5 Å². The van der Waals surface area contributed by atoms with E-state index >= 15 is 0 Å². The maximum absolute atomic E-state index is 12.4.